The predicted molar refractivity (Wildman–Crippen MR) is 105 cm³/mol. The summed E-state index contributed by atoms with van der Waals surface area (Å²) in [5.74, 6) is 0.528. The second kappa shape index (κ2) is 7.60. The van der Waals surface area contributed by atoms with E-state index in [1.165, 1.54) is 4.88 Å². The van der Waals surface area contributed by atoms with E-state index in [9.17, 15) is 4.79 Å². The number of hydrogen-bond donors (Lipinski definition) is 1. The van der Waals surface area contributed by atoms with Gasteiger partial charge in [0.25, 0.3) is 5.91 Å². The van der Waals surface area contributed by atoms with E-state index in [-0.39, 0.29) is 5.91 Å². The molecule has 1 amide bonds. The fourth-order valence-corrected chi connectivity index (χ4v) is 4.43. The molecule has 4 heterocycles. The minimum Gasteiger partial charge on any atom is -0.350 e. The molecule has 4 rings (SSSR count). The molecule has 5 nitrogen and oxygen atoms in total. The van der Waals surface area contributed by atoms with Gasteiger partial charge in [-0.15, -0.1) is 11.3 Å². The molecule has 136 valence electrons. The van der Waals surface area contributed by atoms with Crippen LogP contribution in [-0.4, -0.2) is 39.8 Å². The predicted octanol–water partition coefficient (Wildman–Crippen LogP) is 3.35. The van der Waals surface area contributed by atoms with Crippen LogP contribution in [0.25, 0.3) is 5.65 Å². The van der Waals surface area contributed by atoms with Crippen LogP contribution in [0.5, 0.6) is 0 Å². The van der Waals surface area contributed by atoms with Crippen molar-refractivity contribution in [1.29, 1.82) is 0 Å². The van der Waals surface area contributed by atoms with Crippen LogP contribution >= 0.6 is 11.3 Å². The Balaban J connectivity index is 1.30. The van der Waals surface area contributed by atoms with Crippen LogP contribution in [0.4, 0.5) is 0 Å². The Morgan fingerprint density at radius 3 is 2.88 bits per heavy atom. The fourth-order valence-electron chi connectivity index (χ4n) is 3.68. The van der Waals surface area contributed by atoms with Gasteiger partial charge in [-0.3, -0.25) is 14.1 Å². The zero-order valence-electron chi connectivity index (χ0n) is 15.0. The van der Waals surface area contributed by atoms with Crippen molar-refractivity contribution in [2.24, 2.45) is 5.92 Å². The molecule has 0 aliphatic carbocycles. The zero-order chi connectivity index (χ0) is 17.9. The van der Waals surface area contributed by atoms with Gasteiger partial charge in [0.05, 0.1) is 5.69 Å². The fraction of sp³-hybridized carbons (Fsp3) is 0.400. The van der Waals surface area contributed by atoms with Gasteiger partial charge in [-0.1, -0.05) is 12.1 Å². The number of imidazole rings is 1. The summed E-state index contributed by atoms with van der Waals surface area (Å²) < 4.78 is 1.87. The molecule has 1 saturated heterocycles. The van der Waals surface area contributed by atoms with E-state index < -0.39 is 0 Å². The maximum atomic E-state index is 12.7. The highest BCUT2D eigenvalue weighted by Crippen LogP contribution is 2.20. The number of aryl methyl sites for hydroxylation is 1. The summed E-state index contributed by atoms with van der Waals surface area (Å²) in [6.45, 7) is 5.90. The maximum absolute atomic E-state index is 12.7. The lowest BCUT2D eigenvalue weighted by atomic mass is 9.96. The summed E-state index contributed by atoms with van der Waals surface area (Å²) in [5.41, 5.74) is 2.24. The number of nitrogens with zero attached hydrogens (tertiary/aromatic N) is 3. The Kier molecular flexibility index (Phi) is 5.04. The van der Waals surface area contributed by atoms with Crippen LogP contribution in [0.1, 0.15) is 33.9 Å². The van der Waals surface area contributed by atoms with Crippen molar-refractivity contribution in [3.05, 3.63) is 58.2 Å². The number of carbonyl (C=O) groups excluding carboxylic acids is 1. The average molecular weight is 369 g/mol. The summed E-state index contributed by atoms with van der Waals surface area (Å²) in [6.07, 6.45) is 4.17. The standard InChI is InChI=1S/C20H24N4OS/c1-15-19(24-9-3-2-6-18(24)22-15)20(25)21-13-16-7-10-23(11-8-16)14-17-5-4-12-26-17/h2-6,9,12,16H,7-8,10-11,13-14H2,1H3,(H,21,25). The molecule has 26 heavy (non-hydrogen) atoms. The molecule has 1 aliphatic rings. The highest BCUT2D eigenvalue weighted by Gasteiger charge is 2.22. The Labute approximate surface area is 157 Å². The number of pyridine rings is 1. The van der Waals surface area contributed by atoms with E-state index in [0.29, 0.717) is 11.6 Å². The van der Waals surface area contributed by atoms with Gasteiger partial charge in [0.1, 0.15) is 11.3 Å². The molecule has 0 unspecified atom stereocenters. The molecule has 1 N–H and O–H groups in total. The molecule has 0 radical (unpaired) electrons. The molecule has 0 spiro atoms. The van der Waals surface area contributed by atoms with Crippen LogP contribution in [0.3, 0.4) is 0 Å². The molecule has 1 fully saturated rings. The van der Waals surface area contributed by atoms with Gasteiger partial charge in [0, 0.05) is 24.2 Å². The number of likely N-dealkylation sites (tertiary alicyclic amines) is 1. The van der Waals surface area contributed by atoms with Crippen molar-refractivity contribution in [3.8, 4) is 0 Å². The first-order valence-corrected chi connectivity index (χ1v) is 10.1. The van der Waals surface area contributed by atoms with Gasteiger partial charge in [-0.2, -0.15) is 0 Å². The first kappa shape index (κ1) is 17.2. The molecular formula is C20H24N4OS. The third kappa shape index (κ3) is 3.66. The van der Waals surface area contributed by atoms with Crippen LogP contribution in [0.15, 0.2) is 41.9 Å². The number of thiophene rings is 1. The zero-order valence-corrected chi connectivity index (χ0v) is 15.8. The van der Waals surface area contributed by atoms with Crippen molar-refractivity contribution in [3.63, 3.8) is 0 Å². The van der Waals surface area contributed by atoms with Crippen molar-refractivity contribution >= 4 is 22.9 Å². The average Bonchev–Trinajstić information content (AvgIpc) is 3.27. The first-order valence-electron chi connectivity index (χ1n) is 9.17. The van der Waals surface area contributed by atoms with E-state index in [0.717, 1.165) is 50.4 Å². The Morgan fingerprint density at radius 2 is 2.12 bits per heavy atom. The molecule has 0 bridgehead atoms. The van der Waals surface area contributed by atoms with Crippen molar-refractivity contribution in [2.75, 3.05) is 19.6 Å². The number of rotatable bonds is 5. The lowest BCUT2D eigenvalue weighted by Gasteiger charge is -2.31. The molecule has 1 aliphatic heterocycles. The molecular weight excluding hydrogens is 344 g/mol. The van der Waals surface area contributed by atoms with Crippen LogP contribution < -0.4 is 5.32 Å². The third-order valence-corrected chi connectivity index (χ3v) is 6.00. The third-order valence-electron chi connectivity index (χ3n) is 5.14. The summed E-state index contributed by atoms with van der Waals surface area (Å²) in [7, 11) is 0. The van der Waals surface area contributed by atoms with Gasteiger partial charge >= 0.3 is 0 Å². The number of aromatic nitrogens is 2. The lowest BCUT2D eigenvalue weighted by molar-refractivity contribution is 0.0929. The Hall–Kier alpha value is -2.18. The number of nitrogens with one attached hydrogen (secondary N) is 1. The largest absolute Gasteiger partial charge is 0.350 e. The van der Waals surface area contributed by atoms with E-state index in [1.807, 2.05) is 47.1 Å². The topological polar surface area (TPSA) is 49.6 Å². The molecule has 0 atom stereocenters. The van der Waals surface area contributed by atoms with Crippen LogP contribution in [0.2, 0.25) is 0 Å². The quantitative estimate of drug-likeness (QED) is 0.751. The monoisotopic (exact) mass is 368 g/mol. The SMILES string of the molecule is Cc1nc2ccccn2c1C(=O)NCC1CCN(Cc2cccs2)CC1. The van der Waals surface area contributed by atoms with Gasteiger partial charge in [-0.05, 0) is 62.4 Å². The number of fused-ring (bicyclic) bond motifs is 1. The molecule has 0 saturated carbocycles. The lowest BCUT2D eigenvalue weighted by Crippen LogP contribution is -2.38. The second-order valence-corrected chi connectivity index (χ2v) is 8.02. The van der Waals surface area contributed by atoms with Crippen LogP contribution in [0, 0.1) is 12.8 Å². The normalized spacial score (nSPS) is 16.2. The van der Waals surface area contributed by atoms with Crippen molar-refractivity contribution < 1.29 is 4.79 Å². The summed E-state index contributed by atoms with van der Waals surface area (Å²) in [6, 6.07) is 10.1. The van der Waals surface area contributed by atoms with Crippen molar-refractivity contribution in [2.45, 2.75) is 26.3 Å². The number of carbonyl (C=O) groups is 1. The number of piperidine rings is 1. The van der Waals surface area contributed by atoms with E-state index in [2.05, 4.69) is 32.7 Å². The van der Waals surface area contributed by atoms with E-state index in [4.69, 9.17) is 0 Å². The minimum atomic E-state index is -0.0257. The maximum Gasteiger partial charge on any atom is 0.270 e. The first-order chi connectivity index (χ1) is 12.7. The highest BCUT2D eigenvalue weighted by molar-refractivity contribution is 7.09. The highest BCUT2D eigenvalue weighted by atomic mass is 32.1. The summed E-state index contributed by atoms with van der Waals surface area (Å²) in [5, 5.41) is 5.27. The van der Waals surface area contributed by atoms with Gasteiger partial charge in [-0.25, -0.2) is 4.98 Å². The van der Waals surface area contributed by atoms with Gasteiger partial charge in [0.15, 0.2) is 0 Å². The molecule has 3 aromatic rings. The number of amides is 1. The van der Waals surface area contributed by atoms with E-state index in [1.54, 1.807) is 0 Å². The smallest absolute Gasteiger partial charge is 0.270 e. The molecule has 0 aromatic carbocycles. The Morgan fingerprint density at radius 1 is 1.27 bits per heavy atom. The van der Waals surface area contributed by atoms with Crippen LogP contribution in [-0.2, 0) is 6.54 Å². The minimum absolute atomic E-state index is 0.0257. The summed E-state index contributed by atoms with van der Waals surface area (Å²) >= 11 is 1.83. The number of hydrogen-bond acceptors (Lipinski definition) is 4. The van der Waals surface area contributed by atoms with E-state index >= 15 is 0 Å². The molecule has 3 aromatic heterocycles. The van der Waals surface area contributed by atoms with Gasteiger partial charge in [0.2, 0.25) is 0 Å². The summed E-state index contributed by atoms with van der Waals surface area (Å²) in [4.78, 5) is 21.1. The molecule has 6 heteroatoms. The Bertz CT molecular complexity index is 878. The van der Waals surface area contributed by atoms with Gasteiger partial charge < -0.3 is 5.32 Å². The van der Waals surface area contributed by atoms with Crippen molar-refractivity contribution in [1.82, 2.24) is 19.6 Å². The second-order valence-electron chi connectivity index (χ2n) is 6.98.